The minimum Gasteiger partial charge on any atom is -0.372 e. The Bertz CT molecular complexity index is 407. The number of ether oxygens (including phenoxy) is 1. The number of aryl methyl sites for hydroxylation is 2. The number of aromatic amines is 1. The van der Waals surface area contributed by atoms with Gasteiger partial charge in [0.05, 0.1) is 24.8 Å². The lowest BCUT2D eigenvalue weighted by Gasteiger charge is -2.38. The van der Waals surface area contributed by atoms with Gasteiger partial charge in [-0.05, 0) is 13.8 Å². The number of aromatic nitrogens is 2. The molecule has 0 unspecified atom stereocenters. The topological polar surface area (TPSA) is 58.2 Å². The van der Waals surface area contributed by atoms with Crippen molar-refractivity contribution in [3.8, 4) is 0 Å². The van der Waals surface area contributed by atoms with E-state index in [9.17, 15) is 9.18 Å². The molecule has 2 rings (SSSR count). The van der Waals surface area contributed by atoms with Gasteiger partial charge in [0.1, 0.15) is 6.67 Å². The molecule has 1 N–H and O–H groups in total. The number of carbonyl (C=O) groups excluding carboxylic acids is 1. The lowest BCUT2D eigenvalue weighted by molar-refractivity contribution is -0.144. The maximum absolute atomic E-state index is 12.0. The molecule has 18 heavy (non-hydrogen) atoms. The van der Waals surface area contributed by atoms with Crippen molar-refractivity contribution in [1.29, 1.82) is 0 Å². The van der Waals surface area contributed by atoms with E-state index in [1.54, 1.807) is 4.90 Å². The molecule has 0 radical (unpaired) electrons. The highest BCUT2D eigenvalue weighted by Crippen LogP contribution is 2.16. The van der Waals surface area contributed by atoms with Gasteiger partial charge in [-0.1, -0.05) is 0 Å². The highest BCUT2D eigenvalue weighted by molar-refractivity contribution is 5.80. The lowest BCUT2D eigenvalue weighted by atomic mass is 10.1. The average Bonchev–Trinajstić information content (AvgIpc) is 2.59. The van der Waals surface area contributed by atoms with Crippen LogP contribution in [0.5, 0.6) is 0 Å². The van der Waals surface area contributed by atoms with Crippen LogP contribution in [0.1, 0.15) is 17.0 Å². The third-order valence-corrected chi connectivity index (χ3v) is 3.24. The quantitative estimate of drug-likeness (QED) is 0.845. The second-order valence-electron chi connectivity index (χ2n) is 4.57. The molecular weight excluding hydrogens is 237 g/mol. The molecule has 6 heteroatoms. The van der Waals surface area contributed by atoms with Crippen LogP contribution in [-0.2, 0) is 16.0 Å². The van der Waals surface area contributed by atoms with Crippen LogP contribution in [0.2, 0.25) is 0 Å². The summed E-state index contributed by atoms with van der Waals surface area (Å²) >= 11 is 0. The van der Waals surface area contributed by atoms with Crippen molar-refractivity contribution in [1.82, 2.24) is 15.1 Å². The fraction of sp³-hybridized carbons (Fsp3) is 0.667. The minimum absolute atomic E-state index is 0.00348. The van der Waals surface area contributed by atoms with E-state index in [-0.39, 0.29) is 18.6 Å². The van der Waals surface area contributed by atoms with Gasteiger partial charge in [0.2, 0.25) is 5.91 Å². The van der Waals surface area contributed by atoms with E-state index >= 15 is 0 Å². The molecule has 5 nitrogen and oxygen atoms in total. The monoisotopic (exact) mass is 255 g/mol. The Kier molecular flexibility index (Phi) is 3.96. The summed E-state index contributed by atoms with van der Waals surface area (Å²) in [4.78, 5) is 13.7. The number of alkyl halides is 1. The zero-order valence-corrected chi connectivity index (χ0v) is 10.7. The molecule has 0 aromatic carbocycles. The summed E-state index contributed by atoms with van der Waals surface area (Å²) < 4.78 is 17.1. The highest BCUT2D eigenvalue weighted by Gasteiger charge is 2.31. The van der Waals surface area contributed by atoms with Gasteiger partial charge in [-0.25, -0.2) is 4.39 Å². The summed E-state index contributed by atoms with van der Waals surface area (Å²) in [6.07, 6.45) is 0.362. The minimum atomic E-state index is -0.474. The summed E-state index contributed by atoms with van der Waals surface area (Å²) in [5, 5.41) is 6.93. The molecule has 1 fully saturated rings. The number of hydrogen-bond acceptors (Lipinski definition) is 3. The van der Waals surface area contributed by atoms with E-state index in [0.717, 1.165) is 17.0 Å². The van der Waals surface area contributed by atoms with Crippen LogP contribution in [0.15, 0.2) is 0 Å². The fourth-order valence-electron chi connectivity index (χ4n) is 2.06. The number of rotatable bonds is 5. The smallest absolute Gasteiger partial charge is 0.227 e. The summed E-state index contributed by atoms with van der Waals surface area (Å²) in [5.41, 5.74) is 2.77. The van der Waals surface area contributed by atoms with E-state index in [0.29, 0.717) is 19.5 Å². The fourth-order valence-corrected chi connectivity index (χ4v) is 2.06. The molecule has 2 heterocycles. The van der Waals surface area contributed by atoms with Gasteiger partial charge >= 0.3 is 0 Å². The number of nitrogens with zero attached hydrogens (tertiary/aromatic N) is 2. The third kappa shape index (κ3) is 2.69. The lowest BCUT2D eigenvalue weighted by Crippen LogP contribution is -2.55. The molecular formula is C12H18FN3O2. The number of halogens is 1. The first kappa shape index (κ1) is 13.0. The summed E-state index contributed by atoms with van der Waals surface area (Å²) in [5.74, 6) is 0.0719. The third-order valence-electron chi connectivity index (χ3n) is 3.24. The second-order valence-corrected chi connectivity index (χ2v) is 4.57. The Morgan fingerprint density at radius 2 is 2.28 bits per heavy atom. The van der Waals surface area contributed by atoms with Crippen LogP contribution in [0.4, 0.5) is 4.39 Å². The molecule has 1 aliphatic rings. The number of hydrogen-bond donors (Lipinski definition) is 1. The second kappa shape index (κ2) is 5.48. The zero-order chi connectivity index (χ0) is 13.1. The van der Waals surface area contributed by atoms with Gasteiger partial charge in [-0.2, -0.15) is 5.10 Å². The molecule has 0 atom stereocenters. The van der Waals surface area contributed by atoms with Crippen molar-refractivity contribution in [3.63, 3.8) is 0 Å². The molecule has 1 aliphatic heterocycles. The van der Waals surface area contributed by atoms with Crippen molar-refractivity contribution in [2.24, 2.45) is 0 Å². The van der Waals surface area contributed by atoms with E-state index in [2.05, 4.69) is 10.2 Å². The van der Waals surface area contributed by atoms with E-state index in [1.807, 2.05) is 13.8 Å². The van der Waals surface area contributed by atoms with Crippen molar-refractivity contribution in [2.75, 3.05) is 26.4 Å². The zero-order valence-electron chi connectivity index (χ0n) is 10.7. The molecule has 1 saturated heterocycles. The first-order valence-corrected chi connectivity index (χ1v) is 6.07. The standard InChI is InChI=1S/C12H18FN3O2/c1-8-11(9(2)15-14-8)5-12(17)16-6-10(7-16)18-4-3-13/h10H,3-7H2,1-2H3,(H,14,15). The Hall–Kier alpha value is -1.43. The predicted octanol–water partition coefficient (Wildman–Crippen LogP) is 0.766. The predicted molar refractivity (Wildman–Crippen MR) is 64.1 cm³/mol. The molecule has 0 saturated carbocycles. The van der Waals surface area contributed by atoms with Crippen LogP contribution in [0, 0.1) is 13.8 Å². The average molecular weight is 255 g/mol. The van der Waals surface area contributed by atoms with Crippen molar-refractivity contribution >= 4 is 5.91 Å². The number of carbonyl (C=O) groups is 1. The normalized spacial score (nSPS) is 15.8. The van der Waals surface area contributed by atoms with E-state index < -0.39 is 6.67 Å². The molecule has 0 aliphatic carbocycles. The number of amides is 1. The maximum Gasteiger partial charge on any atom is 0.227 e. The Balaban J connectivity index is 1.81. The van der Waals surface area contributed by atoms with Crippen molar-refractivity contribution in [3.05, 3.63) is 17.0 Å². The van der Waals surface area contributed by atoms with Crippen LogP contribution in [0.25, 0.3) is 0 Å². The van der Waals surface area contributed by atoms with Crippen LogP contribution in [-0.4, -0.2) is 53.5 Å². The van der Waals surface area contributed by atoms with Gasteiger partial charge in [0.25, 0.3) is 0 Å². The molecule has 100 valence electrons. The van der Waals surface area contributed by atoms with Crippen molar-refractivity contribution < 1.29 is 13.9 Å². The van der Waals surface area contributed by atoms with Crippen LogP contribution < -0.4 is 0 Å². The largest absolute Gasteiger partial charge is 0.372 e. The van der Waals surface area contributed by atoms with Gasteiger partial charge in [0, 0.05) is 24.3 Å². The highest BCUT2D eigenvalue weighted by atomic mass is 19.1. The molecule has 1 amide bonds. The van der Waals surface area contributed by atoms with E-state index in [4.69, 9.17) is 4.74 Å². The number of H-pyrrole nitrogens is 1. The number of nitrogens with one attached hydrogen (secondary N) is 1. The molecule has 0 bridgehead atoms. The first-order valence-electron chi connectivity index (χ1n) is 6.07. The number of likely N-dealkylation sites (tertiary alicyclic amines) is 1. The first-order chi connectivity index (χ1) is 8.61. The van der Waals surface area contributed by atoms with Crippen LogP contribution in [0.3, 0.4) is 0 Å². The van der Waals surface area contributed by atoms with Gasteiger partial charge in [-0.3, -0.25) is 9.89 Å². The van der Waals surface area contributed by atoms with Gasteiger partial charge in [-0.15, -0.1) is 0 Å². The summed E-state index contributed by atoms with van der Waals surface area (Å²) in [6, 6.07) is 0. The van der Waals surface area contributed by atoms with E-state index in [1.165, 1.54) is 0 Å². The van der Waals surface area contributed by atoms with Gasteiger partial charge < -0.3 is 9.64 Å². The summed E-state index contributed by atoms with van der Waals surface area (Å²) in [7, 11) is 0. The van der Waals surface area contributed by atoms with Gasteiger partial charge in [0.15, 0.2) is 0 Å². The van der Waals surface area contributed by atoms with Crippen LogP contribution >= 0.6 is 0 Å². The Morgan fingerprint density at radius 1 is 1.56 bits per heavy atom. The van der Waals surface area contributed by atoms with Crippen molar-refractivity contribution in [2.45, 2.75) is 26.4 Å². The SMILES string of the molecule is Cc1n[nH]c(C)c1CC(=O)N1CC(OCCF)C1. The Labute approximate surface area is 105 Å². The molecule has 1 aromatic heterocycles. The molecule has 1 aromatic rings. The Morgan fingerprint density at radius 3 is 2.83 bits per heavy atom. The molecule has 0 spiro atoms. The maximum atomic E-state index is 12.0. The summed E-state index contributed by atoms with van der Waals surface area (Å²) in [6.45, 7) is 4.56.